The second kappa shape index (κ2) is 11.8. The molecule has 0 spiro atoms. The second-order valence-electron chi connectivity index (χ2n) is 7.62. The van der Waals surface area contributed by atoms with Crippen molar-refractivity contribution in [3.63, 3.8) is 0 Å². The lowest BCUT2D eigenvalue weighted by Gasteiger charge is -2.11. The molecule has 1 heterocycles. The van der Waals surface area contributed by atoms with Gasteiger partial charge in [0.2, 0.25) is 5.91 Å². The number of halogens is 2. The van der Waals surface area contributed by atoms with Crippen molar-refractivity contribution in [1.82, 2.24) is 4.98 Å². The molecule has 10 heteroatoms. The average Bonchev–Trinajstić information content (AvgIpc) is 3.33. The highest BCUT2D eigenvalue weighted by molar-refractivity contribution is 8.00. The summed E-state index contributed by atoms with van der Waals surface area (Å²) in [5, 5.41) is 8.52. The molecule has 1 atom stereocenters. The van der Waals surface area contributed by atoms with Gasteiger partial charge in [-0.3, -0.25) is 9.59 Å². The molecule has 0 radical (unpaired) electrons. The summed E-state index contributed by atoms with van der Waals surface area (Å²) >= 11 is 14.8. The van der Waals surface area contributed by atoms with Crippen LogP contribution in [0.3, 0.4) is 0 Å². The second-order valence-corrected chi connectivity index (χ2v) is 10.7. The van der Waals surface area contributed by atoms with E-state index in [9.17, 15) is 9.59 Å². The maximum atomic E-state index is 12.7. The van der Waals surface area contributed by atoms with Crippen LogP contribution in [0.1, 0.15) is 17.3 Å². The number of carbonyl (C=O) groups is 2. The highest BCUT2D eigenvalue weighted by Gasteiger charge is 2.17. The number of methoxy groups -OCH3 is 1. The first-order valence-corrected chi connectivity index (χ1v) is 13.3. The Labute approximate surface area is 227 Å². The first-order chi connectivity index (χ1) is 17.3. The zero-order valence-corrected chi connectivity index (χ0v) is 22.4. The van der Waals surface area contributed by atoms with Crippen LogP contribution in [0.2, 0.25) is 10.0 Å². The number of ether oxygens (including phenoxy) is 1. The van der Waals surface area contributed by atoms with Gasteiger partial charge in [-0.2, -0.15) is 0 Å². The fourth-order valence-corrected chi connectivity index (χ4v) is 5.26. The minimum absolute atomic E-state index is 0.148. The fourth-order valence-electron chi connectivity index (χ4n) is 3.18. The molecule has 6 nitrogen and oxygen atoms in total. The van der Waals surface area contributed by atoms with E-state index < -0.39 is 0 Å². The summed E-state index contributed by atoms with van der Waals surface area (Å²) in [6.45, 7) is 1.83. The third kappa shape index (κ3) is 6.59. The molecule has 0 saturated heterocycles. The van der Waals surface area contributed by atoms with Gasteiger partial charge in [0.25, 0.3) is 5.91 Å². The summed E-state index contributed by atoms with van der Waals surface area (Å²) in [5.74, 6) is 0.294. The van der Waals surface area contributed by atoms with Crippen LogP contribution in [0.15, 0.2) is 77.0 Å². The summed E-state index contributed by atoms with van der Waals surface area (Å²) in [6, 6.07) is 19.5. The Kier molecular flexibility index (Phi) is 8.53. The van der Waals surface area contributed by atoms with Crippen LogP contribution in [-0.2, 0) is 4.79 Å². The van der Waals surface area contributed by atoms with Crippen LogP contribution in [-0.4, -0.2) is 29.2 Å². The van der Waals surface area contributed by atoms with Gasteiger partial charge in [-0.1, -0.05) is 23.2 Å². The highest BCUT2D eigenvalue weighted by atomic mass is 35.5. The lowest BCUT2D eigenvalue weighted by molar-refractivity contribution is -0.115. The Morgan fingerprint density at radius 3 is 2.39 bits per heavy atom. The quantitative estimate of drug-likeness (QED) is 0.219. The number of carbonyl (C=O) groups excluding carboxylic acids is 2. The normalized spacial score (nSPS) is 11.6. The van der Waals surface area contributed by atoms with Gasteiger partial charge in [-0.15, -0.1) is 23.1 Å². The van der Waals surface area contributed by atoms with E-state index in [-0.39, 0.29) is 22.1 Å². The molecule has 36 heavy (non-hydrogen) atoms. The van der Waals surface area contributed by atoms with E-state index in [2.05, 4.69) is 15.6 Å². The molecule has 184 valence electrons. The molecule has 0 aliphatic carbocycles. The van der Waals surface area contributed by atoms with Gasteiger partial charge in [0.05, 0.1) is 28.6 Å². The SMILES string of the molecule is COc1ccc(-c2csc(NC(=O)C(C)Sc3ccc(NC(=O)c4ccc(Cl)cc4Cl)cc3)n2)cc1. The van der Waals surface area contributed by atoms with Crippen LogP contribution in [0.5, 0.6) is 5.75 Å². The van der Waals surface area contributed by atoms with Gasteiger partial charge in [0.15, 0.2) is 5.13 Å². The van der Waals surface area contributed by atoms with Crippen LogP contribution in [0.25, 0.3) is 11.3 Å². The van der Waals surface area contributed by atoms with Crippen LogP contribution in [0, 0.1) is 0 Å². The summed E-state index contributed by atoms with van der Waals surface area (Å²) in [4.78, 5) is 30.6. The number of rotatable bonds is 8. The number of nitrogens with zero attached hydrogens (tertiary/aromatic N) is 1. The topological polar surface area (TPSA) is 80.3 Å². The number of amides is 2. The van der Waals surface area contributed by atoms with E-state index in [0.29, 0.717) is 21.4 Å². The van der Waals surface area contributed by atoms with Crippen molar-refractivity contribution in [1.29, 1.82) is 0 Å². The van der Waals surface area contributed by atoms with Gasteiger partial charge in [-0.25, -0.2) is 4.98 Å². The standard InChI is InChI=1S/C26H21Cl2N3O3S2/c1-15(24(32)31-26-30-23(14-35-26)16-3-8-19(34-2)9-4-16)36-20-10-6-18(7-11-20)29-25(33)21-12-5-17(27)13-22(21)28/h3-15H,1-2H3,(H,29,33)(H,30,31,32). The largest absolute Gasteiger partial charge is 0.497 e. The monoisotopic (exact) mass is 557 g/mol. The van der Waals surface area contributed by atoms with Crippen molar-refractivity contribution in [2.45, 2.75) is 17.1 Å². The zero-order valence-electron chi connectivity index (χ0n) is 19.2. The zero-order chi connectivity index (χ0) is 25.7. The molecule has 3 aromatic carbocycles. The van der Waals surface area contributed by atoms with Gasteiger partial charge < -0.3 is 15.4 Å². The van der Waals surface area contributed by atoms with Crippen molar-refractivity contribution in [3.8, 4) is 17.0 Å². The number of nitrogens with one attached hydrogen (secondary N) is 2. The summed E-state index contributed by atoms with van der Waals surface area (Å²) in [7, 11) is 1.62. The molecule has 4 rings (SSSR count). The highest BCUT2D eigenvalue weighted by Crippen LogP contribution is 2.29. The Bertz CT molecular complexity index is 1380. The Morgan fingerprint density at radius 1 is 1.00 bits per heavy atom. The third-order valence-corrected chi connectivity index (χ3v) is 7.51. The molecule has 0 aliphatic rings. The third-order valence-electron chi connectivity index (χ3n) is 5.09. The van der Waals surface area contributed by atoms with E-state index in [1.807, 2.05) is 48.7 Å². The van der Waals surface area contributed by atoms with Gasteiger partial charge in [0.1, 0.15) is 5.75 Å². The molecule has 2 amide bonds. The predicted octanol–water partition coefficient (Wildman–Crippen LogP) is 7.50. The summed E-state index contributed by atoms with van der Waals surface area (Å²) in [6.07, 6.45) is 0. The number of hydrogen-bond acceptors (Lipinski definition) is 6. The number of thioether (sulfide) groups is 1. The first kappa shape index (κ1) is 26.0. The molecule has 1 aromatic heterocycles. The first-order valence-electron chi connectivity index (χ1n) is 10.8. The molecule has 0 aliphatic heterocycles. The van der Waals surface area contributed by atoms with Crippen LogP contribution >= 0.6 is 46.3 Å². The molecule has 0 fully saturated rings. The van der Waals surface area contributed by atoms with Crippen molar-refractivity contribution in [2.75, 3.05) is 17.7 Å². The van der Waals surface area contributed by atoms with Crippen molar-refractivity contribution in [2.24, 2.45) is 0 Å². The number of thiazole rings is 1. The van der Waals surface area contributed by atoms with Gasteiger partial charge in [0, 0.05) is 26.5 Å². The maximum absolute atomic E-state index is 12.7. The fraction of sp³-hybridized carbons (Fsp3) is 0.115. The molecular formula is C26H21Cl2N3O3S2. The van der Waals surface area contributed by atoms with Crippen molar-refractivity contribution < 1.29 is 14.3 Å². The molecule has 0 bridgehead atoms. The van der Waals surface area contributed by atoms with Crippen LogP contribution in [0.4, 0.5) is 10.8 Å². The maximum Gasteiger partial charge on any atom is 0.257 e. The number of hydrogen-bond donors (Lipinski definition) is 2. The molecule has 4 aromatic rings. The lowest BCUT2D eigenvalue weighted by Crippen LogP contribution is -2.22. The predicted molar refractivity (Wildman–Crippen MR) is 149 cm³/mol. The van der Waals surface area contributed by atoms with Gasteiger partial charge >= 0.3 is 0 Å². The number of anilines is 2. The lowest BCUT2D eigenvalue weighted by atomic mass is 10.2. The molecule has 1 unspecified atom stereocenters. The Balaban J connectivity index is 1.32. The van der Waals surface area contributed by atoms with Gasteiger partial charge in [-0.05, 0) is 73.7 Å². The molecular weight excluding hydrogens is 537 g/mol. The number of benzene rings is 3. The Morgan fingerprint density at radius 2 is 1.72 bits per heavy atom. The van der Waals surface area contributed by atoms with E-state index in [1.54, 1.807) is 31.4 Å². The number of aromatic nitrogens is 1. The van der Waals surface area contributed by atoms with Crippen molar-refractivity contribution in [3.05, 3.63) is 87.7 Å². The minimum Gasteiger partial charge on any atom is -0.497 e. The van der Waals surface area contributed by atoms with Crippen LogP contribution < -0.4 is 15.4 Å². The minimum atomic E-state index is -0.355. The van der Waals surface area contributed by atoms with E-state index in [0.717, 1.165) is 21.9 Å². The smallest absolute Gasteiger partial charge is 0.257 e. The summed E-state index contributed by atoms with van der Waals surface area (Å²) < 4.78 is 5.18. The van der Waals surface area contributed by atoms with Crippen molar-refractivity contribution >= 4 is 68.9 Å². The summed E-state index contributed by atoms with van der Waals surface area (Å²) in [5.41, 5.74) is 2.68. The molecule has 0 saturated carbocycles. The van der Waals surface area contributed by atoms with E-state index in [1.165, 1.54) is 29.2 Å². The Hall–Kier alpha value is -3.04. The average molecular weight is 559 g/mol. The van der Waals surface area contributed by atoms with E-state index >= 15 is 0 Å². The van der Waals surface area contributed by atoms with E-state index in [4.69, 9.17) is 27.9 Å². The molecule has 2 N–H and O–H groups in total.